The Balaban J connectivity index is 1.98. The molecule has 37 heavy (non-hydrogen) atoms. The molecule has 198 valence electrons. The SMILES string of the molecule is CCOc1ccc2c(c1)CCN(C(=O)C(=O)CCC(=O)O)[C@H]2C(=O)Cc1cc(F)c([Si](C)(C)C)c(F)c1. The van der Waals surface area contributed by atoms with Crippen LogP contribution in [0.25, 0.3) is 0 Å². The molecular weight excluding hydrogens is 500 g/mol. The Labute approximate surface area is 215 Å². The molecule has 1 amide bonds. The van der Waals surface area contributed by atoms with Crippen molar-refractivity contribution in [2.45, 2.75) is 58.3 Å². The Morgan fingerprint density at radius 1 is 1.05 bits per heavy atom. The third-order valence-electron chi connectivity index (χ3n) is 6.25. The van der Waals surface area contributed by atoms with E-state index in [2.05, 4.69) is 0 Å². The van der Waals surface area contributed by atoms with Gasteiger partial charge in [-0.05, 0) is 54.3 Å². The number of halogens is 2. The number of carboxylic acid groups (broad SMARTS) is 1. The number of ether oxygens (including phenoxy) is 1. The number of carbonyl (C=O) groups is 4. The molecule has 1 atom stereocenters. The Hall–Kier alpha value is -3.40. The van der Waals surface area contributed by atoms with Gasteiger partial charge in [-0.15, -0.1) is 0 Å². The molecule has 1 heterocycles. The van der Waals surface area contributed by atoms with Crippen molar-refractivity contribution in [1.82, 2.24) is 4.90 Å². The molecule has 0 aliphatic carbocycles. The van der Waals surface area contributed by atoms with Gasteiger partial charge in [-0.2, -0.15) is 0 Å². The number of carboxylic acids is 1. The van der Waals surface area contributed by atoms with E-state index in [4.69, 9.17) is 9.84 Å². The highest BCUT2D eigenvalue weighted by molar-refractivity contribution is 6.88. The van der Waals surface area contributed by atoms with Crippen LogP contribution >= 0.6 is 0 Å². The molecule has 10 heteroatoms. The lowest BCUT2D eigenvalue weighted by molar-refractivity contribution is -0.150. The molecule has 2 aromatic rings. The number of hydrogen-bond donors (Lipinski definition) is 1. The number of Topliss-reactive ketones (excluding diaryl/α,β-unsaturated/α-hetero) is 2. The van der Waals surface area contributed by atoms with Crippen LogP contribution in [-0.4, -0.2) is 54.7 Å². The third-order valence-corrected chi connectivity index (χ3v) is 8.23. The molecule has 0 fully saturated rings. The van der Waals surface area contributed by atoms with E-state index < -0.39 is 62.0 Å². The number of rotatable bonds is 10. The second-order valence-electron chi connectivity index (χ2n) is 10.1. The van der Waals surface area contributed by atoms with Gasteiger partial charge in [0.05, 0.1) is 21.1 Å². The van der Waals surface area contributed by atoms with E-state index in [1.165, 1.54) is 0 Å². The van der Waals surface area contributed by atoms with E-state index in [0.29, 0.717) is 24.3 Å². The van der Waals surface area contributed by atoms with Crippen LogP contribution in [0, 0.1) is 11.6 Å². The summed E-state index contributed by atoms with van der Waals surface area (Å²) in [5, 5.41) is 8.92. The fourth-order valence-electron chi connectivity index (χ4n) is 4.66. The number of ketones is 2. The number of aliphatic carboxylic acids is 1. The Morgan fingerprint density at radius 2 is 1.70 bits per heavy atom. The minimum Gasteiger partial charge on any atom is -0.494 e. The molecule has 2 aromatic carbocycles. The maximum atomic E-state index is 14.8. The van der Waals surface area contributed by atoms with E-state index in [1.54, 1.807) is 18.2 Å². The van der Waals surface area contributed by atoms with Crippen molar-refractivity contribution in [3.05, 3.63) is 58.7 Å². The minimum atomic E-state index is -2.31. The normalized spacial score (nSPS) is 15.2. The van der Waals surface area contributed by atoms with Crippen LogP contribution in [-0.2, 0) is 32.0 Å². The molecular formula is C27H31F2NO6Si. The lowest BCUT2D eigenvalue weighted by atomic mass is 9.87. The van der Waals surface area contributed by atoms with Gasteiger partial charge in [-0.3, -0.25) is 19.2 Å². The minimum absolute atomic E-state index is 0.0495. The monoisotopic (exact) mass is 531 g/mol. The summed E-state index contributed by atoms with van der Waals surface area (Å²) in [6, 6.07) is 6.23. The summed E-state index contributed by atoms with van der Waals surface area (Å²) in [6.45, 7) is 7.78. The average Bonchev–Trinajstić information content (AvgIpc) is 2.79. The van der Waals surface area contributed by atoms with Crippen LogP contribution < -0.4 is 9.92 Å². The van der Waals surface area contributed by atoms with Gasteiger partial charge in [-0.1, -0.05) is 25.7 Å². The van der Waals surface area contributed by atoms with Gasteiger partial charge in [0.15, 0.2) is 5.78 Å². The first-order valence-corrected chi connectivity index (χ1v) is 15.7. The first-order chi connectivity index (χ1) is 17.3. The van der Waals surface area contributed by atoms with Crippen molar-refractivity contribution in [3.63, 3.8) is 0 Å². The smallest absolute Gasteiger partial charge is 0.303 e. The summed E-state index contributed by atoms with van der Waals surface area (Å²) < 4.78 is 35.2. The van der Waals surface area contributed by atoms with Gasteiger partial charge >= 0.3 is 5.97 Å². The van der Waals surface area contributed by atoms with Crippen LogP contribution in [0.2, 0.25) is 19.6 Å². The van der Waals surface area contributed by atoms with Crippen LogP contribution in [0.15, 0.2) is 30.3 Å². The lowest BCUT2D eigenvalue weighted by Crippen LogP contribution is -2.47. The number of amides is 1. The zero-order valence-corrected chi connectivity index (χ0v) is 22.4. The highest BCUT2D eigenvalue weighted by Crippen LogP contribution is 2.34. The Morgan fingerprint density at radius 3 is 2.27 bits per heavy atom. The number of fused-ring (bicyclic) bond motifs is 1. The van der Waals surface area contributed by atoms with E-state index in [9.17, 15) is 28.0 Å². The van der Waals surface area contributed by atoms with Crippen molar-refractivity contribution in [1.29, 1.82) is 0 Å². The molecule has 0 aromatic heterocycles. The van der Waals surface area contributed by atoms with Gasteiger partial charge in [0.25, 0.3) is 5.91 Å². The highest BCUT2D eigenvalue weighted by Gasteiger charge is 2.38. The van der Waals surface area contributed by atoms with E-state index in [1.807, 2.05) is 26.6 Å². The van der Waals surface area contributed by atoms with Gasteiger partial charge < -0.3 is 14.7 Å². The van der Waals surface area contributed by atoms with Crippen LogP contribution in [0.1, 0.15) is 42.5 Å². The van der Waals surface area contributed by atoms with Crippen LogP contribution in [0.4, 0.5) is 8.78 Å². The van der Waals surface area contributed by atoms with Crippen molar-refractivity contribution < 1.29 is 37.8 Å². The molecule has 0 radical (unpaired) electrons. The summed E-state index contributed by atoms with van der Waals surface area (Å²) in [5.74, 6) is -4.41. The van der Waals surface area contributed by atoms with Crippen molar-refractivity contribution >= 4 is 36.7 Å². The Bertz CT molecular complexity index is 1220. The fraction of sp³-hybridized carbons (Fsp3) is 0.407. The number of hydrogen-bond acceptors (Lipinski definition) is 5. The fourth-order valence-corrected chi connectivity index (χ4v) is 6.23. The second-order valence-corrected chi connectivity index (χ2v) is 15.1. The van der Waals surface area contributed by atoms with Crippen molar-refractivity contribution in [2.24, 2.45) is 0 Å². The zero-order chi connectivity index (χ0) is 27.5. The quantitative estimate of drug-likeness (QED) is 0.372. The highest BCUT2D eigenvalue weighted by atomic mass is 28.3. The molecule has 0 saturated heterocycles. The van der Waals surface area contributed by atoms with E-state index in [-0.39, 0.29) is 23.7 Å². The largest absolute Gasteiger partial charge is 0.494 e. The molecule has 0 unspecified atom stereocenters. The van der Waals surface area contributed by atoms with Gasteiger partial charge in [0.2, 0.25) is 5.78 Å². The lowest BCUT2D eigenvalue weighted by Gasteiger charge is -2.36. The van der Waals surface area contributed by atoms with Gasteiger partial charge in [0.1, 0.15) is 23.4 Å². The number of nitrogens with zero attached hydrogens (tertiary/aromatic N) is 1. The van der Waals surface area contributed by atoms with Crippen molar-refractivity contribution in [3.8, 4) is 5.75 Å². The number of benzene rings is 2. The van der Waals surface area contributed by atoms with Gasteiger partial charge in [-0.25, -0.2) is 8.78 Å². The first kappa shape index (κ1) is 28.2. The molecule has 0 spiro atoms. The molecule has 0 saturated carbocycles. The Kier molecular flexibility index (Phi) is 8.63. The topological polar surface area (TPSA) is 101 Å². The summed E-state index contributed by atoms with van der Waals surface area (Å²) in [7, 11) is -2.31. The summed E-state index contributed by atoms with van der Waals surface area (Å²) in [5.41, 5.74) is 1.39. The summed E-state index contributed by atoms with van der Waals surface area (Å²) in [6.07, 6.45) is -1.00. The van der Waals surface area contributed by atoms with E-state index in [0.717, 1.165) is 22.6 Å². The summed E-state index contributed by atoms with van der Waals surface area (Å²) >= 11 is 0. The summed E-state index contributed by atoms with van der Waals surface area (Å²) in [4.78, 5) is 51.1. The predicted molar refractivity (Wildman–Crippen MR) is 136 cm³/mol. The first-order valence-electron chi connectivity index (χ1n) is 12.2. The van der Waals surface area contributed by atoms with Gasteiger partial charge in [0, 0.05) is 24.6 Å². The number of carbonyl (C=O) groups excluding carboxylic acids is 3. The molecule has 7 nitrogen and oxygen atoms in total. The molecule has 1 aliphatic heterocycles. The zero-order valence-electron chi connectivity index (χ0n) is 21.4. The molecule has 1 N–H and O–H groups in total. The van der Waals surface area contributed by atoms with Crippen LogP contribution in [0.5, 0.6) is 5.75 Å². The maximum Gasteiger partial charge on any atom is 0.303 e. The predicted octanol–water partition coefficient (Wildman–Crippen LogP) is 3.58. The second kappa shape index (κ2) is 11.3. The molecule has 1 aliphatic rings. The van der Waals surface area contributed by atoms with Crippen molar-refractivity contribution in [2.75, 3.05) is 13.2 Å². The van der Waals surface area contributed by atoms with E-state index >= 15 is 0 Å². The third kappa shape index (κ3) is 6.49. The molecule has 3 rings (SSSR count). The van der Waals surface area contributed by atoms with Crippen LogP contribution in [0.3, 0.4) is 0 Å². The maximum absolute atomic E-state index is 14.8. The molecule has 0 bridgehead atoms. The standard InChI is InChI=1S/C27H31F2NO6Si/c1-5-36-18-6-7-19-17(15-18)10-11-30(27(35)22(31)8-9-24(33)34)25(19)23(32)14-16-12-20(28)26(21(29)13-16)37(2,3)4/h6-7,12-13,15,25H,5,8-11,14H2,1-4H3,(H,33,34)/t25-/m1/s1. The average molecular weight is 532 g/mol.